The van der Waals surface area contributed by atoms with E-state index < -0.39 is 6.04 Å². The molecule has 0 radical (unpaired) electrons. The Morgan fingerprint density at radius 1 is 1.32 bits per heavy atom. The lowest BCUT2D eigenvalue weighted by Crippen LogP contribution is -2.44. The molecule has 1 aromatic carbocycles. The summed E-state index contributed by atoms with van der Waals surface area (Å²) in [5.41, 5.74) is 0.710. The van der Waals surface area contributed by atoms with Crippen molar-refractivity contribution in [3.8, 4) is 0 Å². The van der Waals surface area contributed by atoms with Crippen LogP contribution < -0.4 is 10.6 Å². The number of carbonyl (C=O) groups is 2. The van der Waals surface area contributed by atoms with E-state index in [1.807, 2.05) is 0 Å². The van der Waals surface area contributed by atoms with Crippen LogP contribution in [0, 0.1) is 5.82 Å². The third-order valence-corrected chi connectivity index (χ3v) is 2.40. The summed E-state index contributed by atoms with van der Waals surface area (Å²) >= 11 is 0. The predicted molar refractivity (Wildman–Crippen MR) is 71.7 cm³/mol. The number of hydrogen-bond acceptors (Lipinski definition) is 2. The second-order valence-corrected chi connectivity index (χ2v) is 4.01. The van der Waals surface area contributed by atoms with Crippen LogP contribution >= 0.6 is 0 Å². The van der Waals surface area contributed by atoms with Gasteiger partial charge in [-0.25, -0.2) is 4.39 Å². The van der Waals surface area contributed by atoms with Crippen molar-refractivity contribution in [2.45, 2.75) is 19.9 Å². The average molecular weight is 264 g/mol. The molecule has 0 aromatic heterocycles. The van der Waals surface area contributed by atoms with Crippen molar-refractivity contribution in [2.75, 3.05) is 6.54 Å². The summed E-state index contributed by atoms with van der Waals surface area (Å²) in [5, 5.41) is 5.15. The average Bonchev–Trinajstić information content (AvgIpc) is 2.38. The van der Waals surface area contributed by atoms with Crippen LogP contribution in [0.3, 0.4) is 0 Å². The molecule has 1 rings (SSSR count). The topological polar surface area (TPSA) is 58.2 Å². The molecular weight excluding hydrogens is 247 g/mol. The molecule has 0 aliphatic rings. The van der Waals surface area contributed by atoms with Gasteiger partial charge in [-0.3, -0.25) is 9.59 Å². The molecule has 0 heterocycles. The van der Waals surface area contributed by atoms with Crippen molar-refractivity contribution in [1.82, 2.24) is 10.6 Å². The maximum Gasteiger partial charge on any atom is 0.244 e. The lowest BCUT2D eigenvalue weighted by Gasteiger charge is -2.11. The van der Waals surface area contributed by atoms with E-state index >= 15 is 0 Å². The number of amides is 2. The van der Waals surface area contributed by atoms with Crippen molar-refractivity contribution in [3.05, 3.63) is 41.7 Å². The van der Waals surface area contributed by atoms with Crippen LogP contribution in [0.2, 0.25) is 0 Å². The number of halogens is 1. The lowest BCUT2D eigenvalue weighted by atomic mass is 10.2. The van der Waals surface area contributed by atoms with Crippen LogP contribution in [0.15, 0.2) is 30.3 Å². The molecule has 0 fully saturated rings. The third kappa shape index (κ3) is 5.33. The normalized spacial score (nSPS) is 12.2. The van der Waals surface area contributed by atoms with E-state index in [1.165, 1.54) is 18.2 Å². The molecule has 0 aliphatic heterocycles. The van der Waals surface area contributed by atoms with Gasteiger partial charge in [-0.1, -0.05) is 12.1 Å². The van der Waals surface area contributed by atoms with E-state index in [0.717, 1.165) is 0 Å². The Hall–Kier alpha value is -2.17. The SMILES string of the molecule is CCNC(=O)C(C)NC(=O)C=Cc1ccc(F)cc1. The van der Waals surface area contributed by atoms with E-state index in [0.29, 0.717) is 12.1 Å². The molecule has 0 saturated carbocycles. The highest BCUT2D eigenvalue weighted by Gasteiger charge is 2.12. The van der Waals surface area contributed by atoms with Gasteiger partial charge in [0.1, 0.15) is 11.9 Å². The summed E-state index contributed by atoms with van der Waals surface area (Å²) in [6.45, 7) is 3.93. The van der Waals surface area contributed by atoms with Crippen LogP contribution in [0.1, 0.15) is 19.4 Å². The molecule has 2 amide bonds. The summed E-state index contributed by atoms with van der Waals surface area (Å²) < 4.78 is 12.7. The molecule has 0 saturated heterocycles. The van der Waals surface area contributed by atoms with E-state index in [4.69, 9.17) is 0 Å². The van der Waals surface area contributed by atoms with Gasteiger partial charge in [0, 0.05) is 12.6 Å². The molecule has 19 heavy (non-hydrogen) atoms. The van der Waals surface area contributed by atoms with Gasteiger partial charge in [0.05, 0.1) is 0 Å². The second kappa shape index (κ2) is 7.31. The van der Waals surface area contributed by atoms with E-state index in [1.54, 1.807) is 32.1 Å². The molecular formula is C14H17FN2O2. The summed E-state index contributed by atoms with van der Waals surface area (Å²) in [5.74, 6) is -0.930. The van der Waals surface area contributed by atoms with Crippen LogP contribution in [-0.2, 0) is 9.59 Å². The first kappa shape index (κ1) is 14.9. The van der Waals surface area contributed by atoms with Crippen molar-refractivity contribution in [1.29, 1.82) is 0 Å². The highest BCUT2D eigenvalue weighted by atomic mass is 19.1. The number of likely N-dealkylation sites (N-methyl/N-ethyl adjacent to an activating group) is 1. The highest BCUT2D eigenvalue weighted by molar-refractivity contribution is 5.95. The number of carbonyl (C=O) groups excluding carboxylic acids is 2. The first-order valence-corrected chi connectivity index (χ1v) is 6.04. The minimum atomic E-state index is -0.592. The summed E-state index contributed by atoms with van der Waals surface area (Å²) in [7, 11) is 0. The van der Waals surface area contributed by atoms with Gasteiger partial charge in [0.25, 0.3) is 0 Å². The van der Waals surface area contributed by atoms with Crippen molar-refractivity contribution in [3.63, 3.8) is 0 Å². The van der Waals surface area contributed by atoms with Crippen molar-refractivity contribution >= 4 is 17.9 Å². The second-order valence-electron chi connectivity index (χ2n) is 4.01. The lowest BCUT2D eigenvalue weighted by molar-refractivity contribution is -0.126. The van der Waals surface area contributed by atoms with E-state index in [2.05, 4.69) is 10.6 Å². The van der Waals surface area contributed by atoms with Gasteiger partial charge in [0.2, 0.25) is 11.8 Å². The fourth-order valence-electron chi connectivity index (χ4n) is 1.40. The smallest absolute Gasteiger partial charge is 0.244 e. The number of hydrogen-bond donors (Lipinski definition) is 2. The van der Waals surface area contributed by atoms with Gasteiger partial charge in [-0.05, 0) is 37.6 Å². The van der Waals surface area contributed by atoms with Gasteiger partial charge >= 0.3 is 0 Å². The fourth-order valence-corrected chi connectivity index (χ4v) is 1.40. The van der Waals surface area contributed by atoms with Crippen LogP contribution in [0.25, 0.3) is 6.08 Å². The zero-order valence-electron chi connectivity index (χ0n) is 10.9. The van der Waals surface area contributed by atoms with Crippen LogP contribution in [-0.4, -0.2) is 24.4 Å². The zero-order valence-corrected chi connectivity index (χ0v) is 10.9. The van der Waals surface area contributed by atoms with Gasteiger partial charge in [-0.2, -0.15) is 0 Å². The zero-order chi connectivity index (χ0) is 14.3. The molecule has 102 valence electrons. The van der Waals surface area contributed by atoms with Crippen molar-refractivity contribution in [2.24, 2.45) is 0 Å². The third-order valence-electron chi connectivity index (χ3n) is 2.40. The number of nitrogens with one attached hydrogen (secondary N) is 2. The standard InChI is InChI=1S/C14H17FN2O2/c1-3-16-14(19)10(2)17-13(18)9-6-11-4-7-12(15)8-5-11/h4-10H,3H2,1-2H3,(H,16,19)(H,17,18). The quantitative estimate of drug-likeness (QED) is 0.791. The maximum atomic E-state index is 12.7. The first-order chi connectivity index (χ1) is 9.02. The number of rotatable bonds is 5. The Kier molecular flexibility index (Phi) is 5.73. The highest BCUT2D eigenvalue weighted by Crippen LogP contribution is 2.04. The molecule has 2 N–H and O–H groups in total. The first-order valence-electron chi connectivity index (χ1n) is 6.04. The largest absolute Gasteiger partial charge is 0.355 e. The van der Waals surface area contributed by atoms with Crippen LogP contribution in [0.5, 0.6) is 0 Å². The number of benzene rings is 1. The predicted octanol–water partition coefficient (Wildman–Crippen LogP) is 1.48. The molecule has 0 spiro atoms. The maximum absolute atomic E-state index is 12.7. The van der Waals surface area contributed by atoms with E-state index in [-0.39, 0.29) is 17.6 Å². The summed E-state index contributed by atoms with van der Waals surface area (Å²) in [6.07, 6.45) is 2.86. The summed E-state index contributed by atoms with van der Waals surface area (Å²) in [4.78, 5) is 22.9. The van der Waals surface area contributed by atoms with Gasteiger partial charge in [0.15, 0.2) is 0 Å². The van der Waals surface area contributed by atoms with Crippen molar-refractivity contribution < 1.29 is 14.0 Å². The Balaban J connectivity index is 2.51. The molecule has 1 aromatic rings. The molecule has 0 bridgehead atoms. The minimum Gasteiger partial charge on any atom is -0.355 e. The molecule has 1 atom stereocenters. The summed E-state index contributed by atoms with van der Waals surface area (Å²) in [6, 6.07) is 5.16. The Labute approximate surface area is 111 Å². The molecule has 0 aliphatic carbocycles. The minimum absolute atomic E-state index is 0.231. The molecule has 1 unspecified atom stereocenters. The van der Waals surface area contributed by atoms with E-state index in [9.17, 15) is 14.0 Å². The Morgan fingerprint density at radius 3 is 2.53 bits per heavy atom. The monoisotopic (exact) mass is 264 g/mol. The Bertz CT molecular complexity index is 469. The molecule has 5 heteroatoms. The van der Waals surface area contributed by atoms with Gasteiger partial charge < -0.3 is 10.6 Å². The van der Waals surface area contributed by atoms with Gasteiger partial charge in [-0.15, -0.1) is 0 Å². The fraction of sp³-hybridized carbons (Fsp3) is 0.286. The Morgan fingerprint density at radius 2 is 1.95 bits per heavy atom. The molecule has 4 nitrogen and oxygen atoms in total. The van der Waals surface area contributed by atoms with Crippen LogP contribution in [0.4, 0.5) is 4.39 Å².